The van der Waals surface area contributed by atoms with Crippen LogP contribution in [0.15, 0.2) is 63.8 Å². The van der Waals surface area contributed by atoms with Gasteiger partial charge >= 0.3 is 19.3 Å². The number of hydrogen-bond acceptors (Lipinski definition) is 16. The van der Waals surface area contributed by atoms with E-state index in [1.165, 1.54) is 12.1 Å². The third-order valence-electron chi connectivity index (χ3n) is 10.3. The number of nitrogens with one attached hydrogen (secondary N) is 3. The van der Waals surface area contributed by atoms with E-state index in [1.54, 1.807) is 16.9 Å². The van der Waals surface area contributed by atoms with Gasteiger partial charge in [0.05, 0.1) is 58.6 Å². The molecule has 3 aromatic carbocycles. The summed E-state index contributed by atoms with van der Waals surface area (Å²) in [5.74, 6) is 2.41. The first kappa shape index (κ1) is 71.7. The number of methoxy groups -OCH3 is 1. The smallest absolute Gasteiger partial charge is 0.442 e. The summed E-state index contributed by atoms with van der Waals surface area (Å²) in [4.78, 5) is 76.5. The van der Waals surface area contributed by atoms with Crippen LogP contribution >= 0.6 is 77.2 Å². The van der Waals surface area contributed by atoms with Crippen LogP contribution in [-0.4, -0.2) is 133 Å². The minimum absolute atomic E-state index is 0.0223. The largest absolute Gasteiger partial charge is 0.489 e. The average Bonchev–Trinajstić information content (AvgIpc) is 3.80. The number of alkyl halides is 3. The van der Waals surface area contributed by atoms with Crippen molar-refractivity contribution in [3.63, 3.8) is 0 Å². The summed E-state index contributed by atoms with van der Waals surface area (Å²) < 4.78 is 32.3. The first-order chi connectivity index (χ1) is 37.9. The molecule has 81 heavy (non-hydrogen) atoms. The number of aliphatic carboxylic acids is 1. The fraction of sp³-hybridized carbons (Fsp3) is 0.462. The summed E-state index contributed by atoms with van der Waals surface area (Å²) in [6.07, 6.45) is 5.43. The second kappa shape index (κ2) is 34.9. The van der Waals surface area contributed by atoms with Gasteiger partial charge in [0.15, 0.2) is 4.84 Å². The molecule has 1 aliphatic rings. The van der Waals surface area contributed by atoms with Crippen LogP contribution < -0.4 is 41.0 Å². The Hall–Kier alpha value is -5.41. The summed E-state index contributed by atoms with van der Waals surface area (Å²) >= 11 is 34.9. The number of para-hydroxylation sites is 3. The van der Waals surface area contributed by atoms with Crippen molar-refractivity contribution in [1.82, 2.24) is 30.0 Å². The van der Waals surface area contributed by atoms with Gasteiger partial charge in [0.25, 0.3) is 5.91 Å². The van der Waals surface area contributed by atoms with Crippen LogP contribution in [0, 0.1) is 19.3 Å². The van der Waals surface area contributed by atoms with Gasteiger partial charge in [-0.3, -0.25) is 24.3 Å². The number of ether oxygens (including phenoxy) is 3. The zero-order valence-electron chi connectivity index (χ0n) is 46.6. The minimum atomic E-state index is -4.10. The van der Waals surface area contributed by atoms with Crippen LogP contribution in [0.3, 0.4) is 0 Å². The molecule has 2 unspecified atom stereocenters. The summed E-state index contributed by atoms with van der Waals surface area (Å²) in [6.45, 7) is 20.9. The Balaban J connectivity index is 0.000000354. The lowest BCUT2D eigenvalue weighted by atomic mass is 9.97. The highest BCUT2D eigenvalue weighted by Gasteiger charge is 2.32. The highest BCUT2D eigenvalue weighted by atomic mass is 35.5. The number of carbonyl (C=O) groups excluding carboxylic acids is 2. The van der Waals surface area contributed by atoms with Crippen molar-refractivity contribution in [2.75, 3.05) is 72.6 Å². The molecule has 0 bridgehead atoms. The Morgan fingerprint density at radius 3 is 2.19 bits per heavy atom. The number of carboxylic acid groups (broad SMARTS) is 1. The summed E-state index contributed by atoms with van der Waals surface area (Å²) in [5.41, 5.74) is 3.83. The lowest BCUT2D eigenvalue weighted by Crippen LogP contribution is -2.47. The fourth-order valence-corrected chi connectivity index (χ4v) is 8.34. The lowest BCUT2D eigenvalue weighted by molar-refractivity contribution is -0.135. The number of terminal acetylenes is 1. The van der Waals surface area contributed by atoms with E-state index in [2.05, 4.69) is 54.9 Å². The Labute approximate surface area is 501 Å². The maximum Gasteiger partial charge on any atom is 0.442 e. The normalized spacial score (nSPS) is 12.9. The van der Waals surface area contributed by atoms with Crippen molar-refractivity contribution in [3.8, 4) is 29.5 Å². The molecule has 5 aromatic rings. The molecule has 446 valence electrons. The van der Waals surface area contributed by atoms with Gasteiger partial charge in [0, 0.05) is 31.2 Å². The van der Waals surface area contributed by atoms with Crippen LogP contribution in [0.5, 0.6) is 11.5 Å². The number of benzene rings is 3. The van der Waals surface area contributed by atoms with E-state index in [0.29, 0.717) is 48.2 Å². The van der Waals surface area contributed by atoms with E-state index >= 15 is 0 Å². The minimum Gasteiger partial charge on any atom is -0.489 e. The highest BCUT2D eigenvalue weighted by molar-refractivity contribution is 7.51. The van der Waals surface area contributed by atoms with Gasteiger partial charge in [-0.15, -0.1) is 23.1 Å². The van der Waals surface area contributed by atoms with E-state index in [4.69, 9.17) is 110 Å². The molecule has 6 rings (SSSR count). The number of nitrogens with zero attached hydrogens (tertiary/aromatic N) is 7. The Kier molecular flexibility index (Phi) is 30.9. The SMILES string of the molecule is C#CCOc1cc(-n2nc(C(C)(C)C)oc2=O)c(Cl)cc1Cl.CC1COc2ccccc2N1C(=O)C(Cl)Cl.CCNc1nc(Cl)nc(NC(C)C)n1.CCc1cccc(C)c1N(C(=O)CCl)C(C)COC.O=C(O)CNCP(=O)(O)O. The van der Waals surface area contributed by atoms with Gasteiger partial charge in [-0.2, -0.15) is 19.6 Å². The molecule has 0 radical (unpaired) electrons. The van der Waals surface area contributed by atoms with E-state index in [0.717, 1.165) is 40.1 Å². The predicted octanol–water partition coefficient (Wildman–Crippen LogP) is 9.78. The highest BCUT2D eigenvalue weighted by Crippen LogP contribution is 2.36. The number of fused-ring (bicyclic) bond motifs is 1. The Bertz CT molecular complexity index is 2990. The van der Waals surface area contributed by atoms with Crippen molar-refractivity contribution in [2.45, 2.75) is 104 Å². The molecule has 0 saturated carbocycles. The second-order valence-electron chi connectivity index (χ2n) is 18.6. The Morgan fingerprint density at radius 2 is 1.64 bits per heavy atom. The molecule has 2 amide bonds. The maximum atomic E-state index is 12.2. The topological polar surface area (TPSA) is 286 Å². The number of aromatic nitrogens is 5. The van der Waals surface area contributed by atoms with Gasteiger partial charge in [-0.05, 0) is 88.9 Å². The zero-order chi connectivity index (χ0) is 61.4. The van der Waals surface area contributed by atoms with Crippen LogP contribution in [0.25, 0.3) is 5.69 Å². The third-order valence-corrected chi connectivity index (χ3v) is 12.3. The number of halogens is 6. The van der Waals surface area contributed by atoms with Crippen LogP contribution in [-0.2, 0) is 35.5 Å². The van der Waals surface area contributed by atoms with Crippen LogP contribution in [0.1, 0.15) is 79.3 Å². The molecular weight excluding hydrogens is 1200 g/mol. The summed E-state index contributed by atoms with van der Waals surface area (Å²) in [5, 5.41) is 21.0. The van der Waals surface area contributed by atoms with E-state index in [1.807, 2.05) is 98.7 Å². The van der Waals surface area contributed by atoms with Crippen molar-refractivity contribution >= 4 is 118 Å². The third kappa shape index (κ3) is 24.1. The fourth-order valence-electron chi connectivity index (χ4n) is 6.92. The van der Waals surface area contributed by atoms with Gasteiger partial charge < -0.3 is 54.0 Å². The maximum absolute atomic E-state index is 12.2. The molecule has 22 nitrogen and oxygen atoms in total. The molecule has 0 spiro atoms. The van der Waals surface area contributed by atoms with Crippen molar-refractivity contribution in [1.29, 1.82) is 0 Å². The quantitative estimate of drug-likeness (QED) is 0.0270. The van der Waals surface area contributed by atoms with E-state index in [-0.39, 0.29) is 57.8 Å². The number of carbonyl (C=O) groups is 3. The standard InChI is InChI=1S/C15H14Cl2N2O3.C15H22ClNO2.C11H11Cl2NO2.C8H14ClN5.C3H8NO5P/c1-5-6-21-12-8-11(9(16)7-10(12)17)19-14(20)22-13(18-19)15(2,3)4;1-5-13-8-6-7-11(2)15(13)17(14(18)9-16)12(3)10-19-4;1-7-6-16-9-5-3-2-4-8(9)14(7)11(15)10(12)13;1-4-10-7-12-6(9)13-8(14-7)11-5(2)3;5-3(6)1-4-2-10(7,8)9/h1,7-8H,6H2,2-4H3;6-8,12H,5,9-10H2,1-4H3;2-5,7,10H,6H2,1H3;5H,4H2,1-3H3,(H2,10,11,12,13,14);4H,1-2H2,(H,5,6)(H2,7,8,9). The summed E-state index contributed by atoms with van der Waals surface area (Å²) in [6, 6.07) is 16.5. The molecule has 2 aromatic heterocycles. The van der Waals surface area contributed by atoms with E-state index in [9.17, 15) is 23.7 Å². The van der Waals surface area contributed by atoms with Gasteiger partial charge in [0.2, 0.25) is 29.0 Å². The molecule has 2 atom stereocenters. The number of hydrogen-bond donors (Lipinski definition) is 6. The monoisotopic (exact) mass is 1270 g/mol. The molecule has 6 N–H and O–H groups in total. The molecule has 0 aliphatic carbocycles. The van der Waals surface area contributed by atoms with Gasteiger partial charge in [0.1, 0.15) is 30.6 Å². The van der Waals surface area contributed by atoms with Crippen molar-refractivity contribution in [3.05, 3.63) is 97.5 Å². The first-order valence-electron chi connectivity index (χ1n) is 24.8. The molecule has 1 aliphatic heterocycles. The predicted molar refractivity (Wildman–Crippen MR) is 320 cm³/mol. The van der Waals surface area contributed by atoms with Crippen molar-refractivity contribution < 1.29 is 52.5 Å². The van der Waals surface area contributed by atoms with Gasteiger partial charge in [-0.1, -0.05) is 110 Å². The van der Waals surface area contributed by atoms with Crippen molar-refractivity contribution in [2.24, 2.45) is 0 Å². The van der Waals surface area contributed by atoms with E-state index < -0.39 is 42.4 Å². The molecule has 3 heterocycles. The lowest BCUT2D eigenvalue weighted by Gasteiger charge is -2.35. The molecule has 0 saturated heterocycles. The van der Waals surface area contributed by atoms with Crippen LogP contribution in [0.2, 0.25) is 15.3 Å². The first-order valence-corrected chi connectivity index (χ1v) is 29.1. The number of amides is 2. The Morgan fingerprint density at radius 1 is 0.988 bits per heavy atom. The zero-order valence-corrected chi connectivity index (χ0v) is 52.0. The molecule has 0 fully saturated rings. The number of carboxylic acids is 1. The number of aryl methyl sites for hydroxylation is 2. The second-order valence-corrected chi connectivity index (χ2v) is 22.7. The summed E-state index contributed by atoms with van der Waals surface area (Å²) in [7, 11) is -2.46. The molecular formula is C52H69Cl6N10O12P. The average molecular weight is 1270 g/mol. The number of rotatable bonds is 18. The number of anilines is 4. The van der Waals surface area contributed by atoms with Crippen LogP contribution in [0.4, 0.5) is 23.3 Å². The molecule has 29 heteroatoms. The van der Waals surface area contributed by atoms with Gasteiger partial charge in [-0.25, -0.2) is 4.79 Å².